The molecule has 0 aliphatic carbocycles. The van der Waals surface area contributed by atoms with Gasteiger partial charge in [-0.1, -0.05) is 0 Å². The molecule has 0 aliphatic heterocycles. The third-order valence-electron chi connectivity index (χ3n) is 1.49. The van der Waals surface area contributed by atoms with Gasteiger partial charge in [0.05, 0.1) is 12.7 Å². The van der Waals surface area contributed by atoms with Crippen LogP contribution < -0.4 is 0 Å². The van der Waals surface area contributed by atoms with Gasteiger partial charge in [-0.3, -0.25) is 9.32 Å². The lowest BCUT2D eigenvalue weighted by molar-refractivity contribution is -0.150. The molecule has 10 heteroatoms. The van der Waals surface area contributed by atoms with E-state index in [1.54, 1.807) is 0 Å². The number of aliphatic carboxylic acids is 1. The summed E-state index contributed by atoms with van der Waals surface area (Å²) < 4.78 is 14.1. The van der Waals surface area contributed by atoms with Gasteiger partial charge >= 0.3 is 13.8 Å². The Morgan fingerprint density at radius 1 is 1.19 bits per heavy atom. The number of hydrogen-bond donors (Lipinski definition) is 5. The minimum absolute atomic E-state index is 0.874. The van der Waals surface area contributed by atoms with Crippen LogP contribution in [0.1, 0.15) is 6.42 Å². The number of Topliss-reactive ketones (excluding diaryl/α,β-unsaturated/α-hetero) is 1. The lowest BCUT2D eigenvalue weighted by atomic mass is 10.1. The molecule has 0 spiro atoms. The van der Waals surface area contributed by atoms with Crippen molar-refractivity contribution >= 4 is 19.6 Å². The topological polar surface area (TPSA) is 162 Å². The Hall–Kier alpha value is -0.830. The molecule has 0 aromatic heterocycles. The van der Waals surface area contributed by atoms with E-state index in [0.29, 0.717) is 0 Å². The van der Waals surface area contributed by atoms with Crippen LogP contribution in [0, 0.1) is 0 Å². The fourth-order valence-electron chi connectivity index (χ4n) is 0.698. The van der Waals surface area contributed by atoms with E-state index in [1.807, 2.05) is 0 Å². The van der Waals surface area contributed by atoms with E-state index in [0.717, 1.165) is 0 Å². The monoisotopic (exact) mass is 258 g/mol. The zero-order chi connectivity index (χ0) is 12.9. The van der Waals surface area contributed by atoms with Gasteiger partial charge in [0.1, 0.15) is 6.10 Å². The Kier molecular flexibility index (Phi) is 5.73. The smallest absolute Gasteiger partial charge is 0.469 e. The molecule has 0 amide bonds. The van der Waals surface area contributed by atoms with Gasteiger partial charge in [-0.25, -0.2) is 9.36 Å². The van der Waals surface area contributed by atoms with Crippen molar-refractivity contribution in [3.05, 3.63) is 0 Å². The van der Waals surface area contributed by atoms with Crippen LogP contribution in [-0.2, 0) is 18.7 Å². The van der Waals surface area contributed by atoms with Crippen molar-refractivity contribution in [2.75, 3.05) is 6.61 Å². The lowest BCUT2D eigenvalue weighted by Crippen LogP contribution is -2.33. The van der Waals surface area contributed by atoms with Gasteiger partial charge in [0.15, 0.2) is 0 Å². The maximum atomic E-state index is 10.6. The number of aliphatic hydroxyl groups is 2. The fraction of sp³-hybridized carbons (Fsp3) is 0.667. The van der Waals surface area contributed by atoms with Gasteiger partial charge < -0.3 is 25.1 Å². The average Bonchev–Trinajstić information content (AvgIpc) is 2.12. The predicted octanol–water partition coefficient (Wildman–Crippen LogP) is -2.14. The number of carboxylic acid groups (broad SMARTS) is 1. The van der Waals surface area contributed by atoms with Gasteiger partial charge in [0.2, 0.25) is 5.78 Å². The number of phosphoric acid groups is 1. The lowest BCUT2D eigenvalue weighted by Gasteiger charge is -2.16. The van der Waals surface area contributed by atoms with Crippen LogP contribution in [-0.4, -0.2) is 55.7 Å². The Balaban J connectivity index is 4.09. The first kappa shape index (κ1) is 15.2. The second-order valence-electron chi connectivity index (χ2n) is 2.85. The quantitative estimate of drug-likeness (QED) is 0.253. The molecule has 0 aromatic carbocycles. The van der Waals surface area contributed by atoms with Crippen molar-refractivity contribution < 1.29 is 43.8 Å². The van der Waals surface area contributed by atoms with E-state index < -0.39 is 44.8 Å². The summed E-state index contributed by atoms with van der Waals surface area (Å²) in [5.74, 6) is -3.11. The maximum Gasteiger partial charge on any atom is 0.469 e. The molecule has 0 bridgehead atoms. The highest BCUT2D eigenvalue weighted by Gasteiger charge is 2.26. The second-order valence-corrected chi connectivity index (χ2v) is 4.09. The van der Waals surface area contributed by atoms with E-state index >= 15 is 0 Å². The zero-order valence-electron chi connectivity index (χ0n) is 7.89. The van der Waals surface area contributed by atoms with Crippen molar-refractivity contribution in [2.24, 2.45) is 0 Å². The fourth-order valence-corrected chi connectivity index (χ4v) is 1.04. The number of rotatable bonds is 7. The van der Waals surface area contributed by atoms with Crippen LogP contribution in [0.4, 0.5) is 0 Å². The van der Waals surface area contributed by atoms with Gasteiger partial charge in [0, 0.05) is 6.42 Å². The molecular weight excluding hydrogens is 247 g/mol. The normalized spacial score (nSPS) is 15.5. The average molecular weight is 258 g/mol. The minimum Gasteiger partial charge on any atom is -0.475 e. The molecule has 94 valence electrons. The summed E-state index contributed by atoms with van der Waals surface area (Å²) in [6, 6.07) is 0. The molecule has 0 rings (SSSR count). The molecule has 0 aromatic rings. The van der Waals surface area contributed by atoms with Gasteiger partial charge in [-0.05, 0) is 0 Å². The third-order valence-corrected chi connectivity index (χ3v) is 1.98. The summed E-state index contributed by atoms with van der Waals surface area (Å²) in [5.41, 5.74) is 0. The maximum absolute atomic E-state index is 10.6. The van der Waals surface area contributed by atoms with Crippen molar-refractivity contribution in [1.82, 2.24) is 0 Å². The standard InChI is InChI=1S/C6H11O9P/c7-3(1-4(8)6(10)11)5(9)2-15-16(12,13)14/h3,5,7,9H,1-2H2,(H,10,11)(H2,12,13,14)/t3-,5-/m0/s1. The summed E-state index contributed by atoms with van der Waals surface area (Å²) in [5, 5.41) is 26.3. The highest BCUT2D eigenvalue weighted by molar-refractivity contribution is 7.46. The minimum atomic E-state index is -4.78. The highest BCUT2D eigenvalue weighted by Crippen LogP contribution is 2.35. The molecule has 16 heavy (non-hydrogen) atoms. The summed E-state index contributed by atoms with van der Waals surface area (Å²) in [4.78, 5) is 37.2. The summed E-state index contributed by atoms with van der Waals surface area (Å²) in [6.07, 6.45) is -4.41. The van der Waals surface area contributed by atoms with E-state index in [1.165, 1.54) is 0 Å². The Bertz CT molecular complexity index is 307. The molecule has 0 heterocycles. The van der Waals surface area contributed by atoms with Crippen LogP contribution in [0.3, 0.4) is 0 Å². The third kappa shape index (κ3) is 6.62. The molecule has 0 saturated heterocycles. The molecule has 0 fully saturated rings. The number of ketones is 1. The zero-order valence-corrected chi connectivity index (χ0v) is 8.78. The predicted molar refractivity (Wildman–Crippen MR) is 47.3 cm³/mol. The number of carbonyl (C=O) groups is 2. The van der Waals surface area contributed by atoms with Gasteiger partial charge in [-0.2, -0.15) is 0 Å². The van der Waals surface area contributed by atoms with Crippen LogP contribution in [0.15, 0.2) is 0 Å². The molecule has 0 radical (unpaired) electrons. The van der Waals surface area contributed by atoms with Crippen LogP contribution in [0.25, 0.3) is 0 Å². The van der Waals surface area contributed by atoms with E-state index in [-0.39, 0.29) is 0 Å². The Labute approximate surface area is 89.5 Å². The number of phosphoric ester groups is 1. The van der Waals surface area contributed by atoms with Crippen LogP contribution >= 0.6 is 7.82 Å². The van der Waals surface area contributed by atoms with Crippen molar-refractivity contribution in [2.45, 2.75) is 18.6 Å². The van der Waals surface area contributed by atoms with Crippen molar-refractivity contribution in [1.29, 1.82) is 0 Å². The number of carbonyl (C=O) groups excluding carboxylic acids is 1. The number of carboxylic acids is 1. The number of aliphatic hydroxyl groups excluding tert-OH is 2. The largest absolute Gasteiger partial charge is 0.475 e. The Morgan fingerprint density at radius 3 is 2.06 bits per heavy atom. The molecule has 0 saturated carbocycles. The molecular formula is C6H11O9P. The summed E-state index contributed by atoms with van der Waals surface area (Å²) in [7, 11) is -4.78. The van der Waals surface area contributed by atoms with E-state index in [4.69, 9.17) is 25.1 Å². The first-order valence-corrected chi connectivity index (χ1v) is 5.49. The van der Waals surface area contributed by atoms with Crippen molar-refractivity contribution in [3.8, 4) is 0 Å². The number of hydrogen-bond acceptors (Lipinski definition) is 6. The Morgan fingerprint density at radius 2 is 1.69 bits per heavy atom. The first-order chi connectivity index (χ1) is 7.13. The van der Waals surface area contributed by atoms with Crippen LogP contribution in [0.2, 0.25) is 0 Å². The van der Waals surface area contributed by atoms with Crippen molar-refractivity contribution in [3.63, 3.8) is 0 Å². The second kappa shape index (κ2) is 6.04. The molecule has 5 N–H and O–H groups in total. The SMILES string of the molecule is O=C(O)C(=O)C[C@H](O)[C@@H](O)COP(=O)(O)O. The molecule has 0 unspecified atom stereocenters. The summed E-state index contributed by atoms with van der Waals surface area (Å²) >= 11 is 0. The summed E-state index contributed by atoms with van der Waals surface area (Å²) in [6.45, 7) is -0.918. The van der Waals surface area contributed by atoms with E-state index in [2.05, 4.69) is 4.52 Å². The van der Waals surface area contributed by atoms with Gasteiger partial charge in [-0.15, -0.1) is 0 Å². The molecule has 9 nitrogen and oxygen atoms in total. The first-order valence-electron chi connectivity index (χ1n) is 3.96. The molecule has 0 aliphatic rings. The molecule has 2 atom stereocenters. The highest BCUT2D eigenvalue weighted by atomic mass is 31.2. The van der Waals surface area contributed by atoms with Crippen LogP contribution in [0.5, 0.6) is 0 Å². The van der Waals surface area contributed by atoms with Gasteiger partial charge in [0.25, 0.3) is 0 Å². The van der Waals surface area contributed by atoms with E-state index in [9.17, 15) is 14.2 Å².